The summed E-state index contributed by atoms with van der Waals surface area (Å²) in [4.78, 5) is 24.2. The van der Waals surface area contributed by atoms with Crippen LogP contribution in [0.15, 0.2) is 72.9 Å². The molecule has 1 fully saturated rings. The van der Waals surface area contributed by atoms with Crippen LogP contribution in [0.2, 0.25) is 0 Å². The molecule has 2 N–H and O–H groups in total. The van der Waals surface area contributed by atoms with E-state index in [1.165, 1.54) is 0 Å². The van der Waals surface area contributed by atoms with Crippen molar-refractivity contribution in [2.45, 2.75) is 25.2 Å². The Morgan fingerprint density at radius 1 is 1.04 bits per heavy atom. The van der Waals surface area contributed by atoms with Crippen LogP contribution < -0.4 is 10.9 Å². The summed E-state index contributed by atoms with van der Waals surface area (Å²) < 4.78 is 4.88. The average Bonchev–Trinajstić information content (AvgIpc) is 3.45. The van der Waals surface area contributed by atoms with Gasteiger partial charge in [0.15, 0.2) is 0 Å². The van der Waals surface area contributed by atoms with Crippen LogP contribution in [0.5, 0.6) is 0 Å². The van der Waals surface area contributed by atoms with Gasteiger partial charge in [0.2, 0.25) is 5.91 Å². The fourth-order valence-electron chi connectivity index (χ4n) is 3.52. The number of esters is 1. The van der Waals surface area contributed by atoms with Gasteiger partial charge in [-0.3, -0.25) is 15.0 Å². The van der Waals surface area contributed by atoms with E-state index in [1.54, 1.807) is 6.92 Å². The number of amides is 1. The van der Waals surface area contributed by atoms with E-state index in [9.17, 15) is 9.59 Å². The summed E-state index contributed by atoms with van der Waals surface area (Å²) in [5, 5.41) is 0. The monoisotopic (exact) mass is 364 g/mol. The van der Waals surface area contributed by atoms with E-state index < -0.39 is 0 Å². The molecule has 0 aliphatic heterocycles. The van der Waals surface area contributed by atoms with Crippen molar-refractivity contribution in [1.29, 1.82) is 0 Å². The fourth-order valence-corrected chi connectivity index (χ4v) is 3.52. The largest absolute Gasteiger partial charge is 0.466 e. The molecule has 1 aliphatic carbocycles. The molecule has 0 spiro atoms. The summed E-state index contributed by atoms with van der Waals surface area (Å²) in [6.07, 6.45) is 0.750. The van der Waals surface area contributed by atoms with Crippen LogP contribution in [0.25, 0.3) is 0 Å². The maximum absolute atomic E-state index is 12.8. The Labute approximate surface area is 159 Å². The second-order valence-corrected chi connectivity index (χ2v) is 6.66. The molecule has 140 valence electrons. The lowest BCUT2D eigenvalue weighted by Crippen LogP contribution is -2.39. The average molecular weight is 364 g/mol. The molecule has 3 rings (SSSR count). The SMILES string of the molecule is C=C(CC(=O)OCC)NNC(=O)[C@@H]1CC1(c1ccccc1)c1ccccc1. The molecule has 0 aromatic heterocycles. The minimum atomic E-state index is -0.376. The highest BCUT2D eigenvalue weighted by Crippen LogP contribution is 2.58. The zero-order chi connectivity index (χ0) is 19.3. The third-order valence-electron chi connectivity index (χ3n) is 4.88. The smallest absolute Gasteiger partial charge is 0.311 e. The molecule has 1 saturated carbocycles. The van der Waals surface area contributed by atoms with Crippen LogP contribution in [0, 0.1) is 5.92 Å². The van der Waals surface area contributed by atoms with Crippen LogP contribution >= 0.6 is 0 Å². The van der Waals surface area contributed by atoms with E-state index in [1.807, 2.05) is 36.4 Å². The first-order chi connectivity index (χ1) is 13.1. The zero-order valence-corrected chi connectivity index (χ0v) is 15.4. The Balaban J connectivity index is 1.69. The van der Waals surface area contributed by atoms with Crippen LogP contribution in [-0.4, -0.2) is 18.5 Å². The highest BCUT2D eigenvalue weighted by atomic mass is 16.5. The number of nitrogens with one attached hydrogen (secondary N) is 2. The number of hydrogen-bond donors (Lipinski definition) is 2. The van der Waals surface area contributed by atoms with Crippen molar-refractivity contribution in [2.75, 3.05) is 6.61 Å². The first-order valence-electron chi connectivity index (χ1n) is 9.08. The lowest BCUT2D eigenvalue weighted by Gasteiger charge is -2.19. The minimum absolute atomic E-state index is 0.0152. The summed E-state index contributed by atoms with van der Waals surface area (Å²) in [6, 6.07) is 20.2. The third kappa shape index (κ3) is 4.03. The Bertz CT molecular complexity index is 778. The van der Waals surface area contributed by atoms with Crippen LogP contribution in [0.4, 0.5) is 0 Å². The number of carbonyl (C=O) groups excluding carboxylic acids is 2. The molecule has 27 heavy (non-hydrogen) atoms. The summed E-state index contributed by atoms with van der Waals surface area (Å²) in [7, 11) is 0. The van der Waals surface area contributed by atoms with Crippen LogP contribution in [0.1, 0.15) is 30.9 Å². The molecule has 0 radical (unpaired) electrons. The number of hydrazine groups is 1. The lowest BCUT2D eigenvalue weighted by atomic mass is 9.85. The van der Waals surface area contributed by atoms with Crippen molar-refractivity contribution in [1.82, 2.24) is 10.9 Å². The predicted octanol–water partition coefficient (Wildman–Crippen LogP) is 3.08. The topological polar surface area (TPSA) is 67.4 Å². The first kappa shape index (κ1) is 18.7. The molecule has 0 heterocycles. The highest BCUT2D eigenvalue weighted by Gasteiger charge is 2.60. The normalized spacial score (nSPS) is 16.9. The van der Waals surface area contributed by atoms with Gasteiger partial charge in [0.1, 0.15) is 0 Å². The summed E-state index contributed by atoms with van der Waals surface area (Å²) in [5.74, 6) is -0.684. The molecule has 0 bridgehead atoms. The van der Waals surface area contributed by atoms with Gasteiger partial charge in [0.05, 0.1) is 18.9 Å². The van der Waals surface area contributed by atoms with Gasteiger partial charge in [0.25, 0.3) is 0 Å². The Kier molecular flexibility index (Phi) is 5.60. The van der Waals surface area contributed by atoms with Crippen molar-refractivity contribution in [3.63, 3.8) is 0 Å². The third-order valence-corrected chi connectivity index (χ3v) is 4.88. The molecule has 2 aromatic rings. The minimum Gasteiger partial charge on any atom is -0.466 e. The van der Waals surface area contributed by atoms with Crippen LogP contribution in [0.3, 0.4) is 0 Å². The van der Waals surface area contributed by atoms with Gasteiger partial charge in [-0.05, 0) is 24.5 Å². The molecule has 1 aliphatic rings. The van der Waals surface area contributed by atoms with Crippen molar-refractivity contribution >= 4 is 11.9 Å². The second kappa shape index (κ2) is 8.08. The molecule has 5 nitrogen and oxygen atoms in total. The van der Waals surface area contributed by atoms with Crippen molar-refractivity contribution in [3.05, 3.63) is 84.1 Å². The number of carbonyl (C=O) groups is 2. The van der Waals surface area contributed by atoms with E-state index in [2.05, 4.69) is 41.7 Å². The molecule has 1 amide bonds. The van der Waals surface area contributed by atoms with E-state index in [0.717, 1.165) is 17.5 Å². The number of hydrogen-bond acceptors (Lipinski definition) is 4. The van der Waals surface area contributed by atoms with Gasteiger partial charge < -0.3 is 10.2 Å². The summed E-state index contributed by atoms with van der Waals surface area (Å²) in [6.45, 7) is 5.82. The van der Waals surface area contributed by atoms with Crippen molar-refractivity contribution in [2.24, 2.45) is 5.92 Å². The summed E-state index contributed by atoms with van der Waals surface area (Å²) >= 11 is 0. The van der Waals surface area contributed by atoms with E-state index in [4.69, 9.17) is 4.74 Å². The fraction of sp³-hybridized carbons (Fsp3) is 0.273. The van der Waals surface area contributed by atoms with E-state index >= 15 is 0 Å². The molecule has 2 aromatic carbocycles. The molecule has 0 saturated heterocycles. The Morgan fingerprint density at radius 3 is 2.11 bits per heavy atom. The second-order valence-electron chi connectivity index (χ2n) is 6.66. The molecule has 5 heteroatoms. The summed E-state index contributed by atoms with van der Waals surface area (Å²) in [5.41, 5.74) is 7.76. The van der Waals surface area contributed by atoms with Gasteiger partial charge >= 0.3 is 5.97 Å². The Hall–Kier alpha value is -3.08. The maximum atomic E-state index is 12.8. The number of ether oxygens (including phenoxy) is 1. The zero-order valence-electron chi connectivity index (χ0n) is 15.4. The van der Waals surface area contributed by atoms with E-state index in [-0.39, 0.29) is 29.6 Å². The highest BCUT2D eigenvalue weighted by molar-refractivity contribution is 5.85. The lowest BCUT2D eigenvalue weighted by molar-refractivity contribution is -0.142. The quantitative estimate of drug-likeness (QED) is 0.558. The predicted molar refractivity (Wildman–Crippen MR) is 103 cm³/mol. The number of rotatable bonds is 8. The van der Waals surface area contributed by atoms with Crippen molar-refractivity contribution in [3.8, 4) is 0 Å². The molecular weight excluding hydrogens is 340 g/mol. The van der Waals surface area contributed by atoms with Crippen molar-refractivity contribution < 1.29 is 14.3 Å². The van der Waals surface area contributed by atoms with Gasteiger partial charge in [-0.25, -0.2) is 0 Å². The maximum Gasteiger partial charge on any atom is 0.311 e. The number of benzene rings is 2. The van der Waals surface area contributed by atoms with Gasteiger partial charge in [0, 0.05) is 11.1 Å². The molecule has 0 unspecified atom stereocenters. The molecular formula is C22H24N2O3. The Morgan fingerprint density at radius 2 is 1.59 bits per heavy atom. The van der Waals surface area contributed by atoms with Gasteiger partial charge in [-0.2, -0.15) is 0 Å². The van der Waals surface area contributed by atoms with Crippen LogP contribution in [-0.2, 0) is 19.7 Å². The standard InChI is InChI=1S/C22H24N2O3/c1-3-27-20(25)14-16(2)23-24-21(26)19-15-22(19,17-10-6-4-7-11-17)18-12-8-5-9-13-18/h4-13,19,23H,2-3,14-15H2,1H3,(H,24,26)/t19-/m0/s1. The van der Waals surface area contributed by atoms with Gasteiger partial charge in [-0.15, -0.1) is 0 Å². The molecule has 1 atom stereocenters. The van der Waals surface area contributed by atoms with E-state index in [0.29, 0.717) is 12.3 Å². The first-order valence-corrected chi connectivity index (χ1v) is 9.08. The van der Waals surface area contributed by atoms with Gasteiger partial charge in [-0.1, -0.05) is 67.2 Å².